The van der Waals surface area contributed by atoms with Crippen molar-refractivity contribution in [3.05, 3.63) is 36.4 Å². The highest BCUT2D eigenvalue weighted by molar-refractivity contribution is 5.75. The van der Waals surface area contributed by atoms with Crippen molar-refractivity contribution >= 4 is 5.95 Å². The molecule has 28 heavy (non-hydrogen) atoms. The van der Waals surface area contributed by atoms with Gasteiger partial charge in [-0.15, -0.1) is 0 Å². The van der Waals surface area contributed by atoms with E-state index in [2.05, 4.69) is 32.3 Å². The predicted molar refractivity (Wildman–Crippen MR) is 108 cm³/mol. The number of anilines is 1. The molecule has 1 saturated heterocycles. The second-order valence-electron chi connectivity index (χ2n) is 7.57. The summed E-state index contributed by atoms with van der Waals surface area (Å²) in [5.41, 5.74) is 2.28. The second-order valence-corrected chi connectivity index (χ2v) is 7.57. The van der Waals surface area contributed by atoms with Crippen molar-refractivity contribution in [2.75, 3.05) is 31.5 Å². The van der Waals surface area contributed by atoms with Crippen LogP contribution in [0.5, 0.6) is 0 Å². The van der Waals surface area contributed by atoms with Crippen molar-refractivity contribution in [2.24, 2.45) is 5.92 Å². The quantitative estimate of drug-likeness (QED) is 0.613. The Labute approximate surface area is 165 Å². The monoisotopic (exact) mass is 381 g/mol. The molecular formula is C21H27N5O2. The zero-order chi connectivity index (χ0) is 19.3. The Morgan fingerprint density at radius 2 is 2.11 bits per heavy atom. The lowest BCUT2D eigenvalue weighted by Gasteiger charge is -2.30. The van der Waals surface area contributed by atoms with Crippen molar-refractivity contribution in [3.63, 3.8) is 0 Å². The molecule has 4 rings (SSSR count). The highest BCUT2D eigenvalue weighted by Crippen LogP contribution is 2.31. The fraction of sp³-hybridized carbons (Fsp3) is 0.476. The summed E-state index contributed by atoms with van der Waals surface area (Å²) >= 11 is 0. The van der Waals surface area contributed by atoms with Gasteiger partial charge in [-0.05, 0) is 63.9 Å². The Kier molecular flexibility index (Phi) is 5.71. The molecule has 0 radical (unpaired) electrons. The summed E-state index contributed by atoms with van der Waals surface area (Å²) in [5, 5.41) is 7.31. The van der Waals surface area contributed by atoms with Crippen LogP contribution in [0.2, 0.25) is 0 Å². The minimum absolute atomic E-state index is 0.596. The molecule has 7 heteroatoms. The third-order valence-corrected chi connectivity index (χ3v) is 5.25. The van der Waals surface area contributed by atoms with E-state index < -0.39 is 0 Å². The van der Waals surface area contributed by atoms with E-state index in [0.29, 0.717) is 23.2 Å². The van der Waals surface area contributed by atoms with Gasteiger partial charge >= 0.3 is 0 Å². The molecule has 1 fully saturated rings. The van der Waals surface area contributed by atoms with Gasteiger partial charge < -0.3 is 19.2 Å². The first-order valence-electron chi connectivity index (χ1n) is 10.00. The van der Waals surface area contributed by atoms with Gasteiger partial charge in [-0.2, -0.15) is 0 Å². The summed E-state index contributed by atoms with van der Waals surface area (Å²) in [5.74, 6) is 2.78. The topological polar surface area (TPSA) is 80.2 Å². The summed E-state index contributed by atoms with van der Waals surface area (Å²) in [4.78, 5) is 11.7. The molecule has 1 aliphatic heterocycles. The van der Waals surface area contributed by atoms with Gasteiger partial charge in [0.15, 0.2) is 11.5 Å². The standard InChI is InChI=1S/C21H27N5O2/c1-15-6-10-26(11-7-15)9-4-8-22-21-23-14-17(19-13-16(2)25-28-19)20(24-21)18-5-3-12-27-18/h3,5,12-15H,4,6-11H2,1-2H3,(H,22,23,24). The number of nitrogens with one attached hydrogen (secondary N) is 1. The van der Waals surface area contributed by atoms with Gasteiger partial charge in [-0.3, -0.25) is 0 Å². The van der Waals surface area contributed by atoms with Crippen LogP contribution >= 0.6 is 0 Å². The lowest BCUT2D eigenvalue weighted by atomic mass is 9.99. The molecule has 0 aliphatic carbocycles. The molecule has 1 aliphatic rings. The fourth-order valence-corrected chi connectivity index (χ4v) is 3.53. The average molecular weight is 381 g/mol. The number of hydrogen-bond acceptors (Lipinski definition) is 7. The maximum absolute atomic E-state index is 5.57. The zero-order valence-electron chi connectivity index (χ0n) is 16.5. The van der Waals surface area contributed by atoms with E-state index in [-0.39, 0.29) is 0 Å². The normalized spacial score (nSPS) is 15.8. The van der Waals surface area contributed by atoms with Crippen LogP contribution in [0.3, 0.4) is 0 Å². The summed E-state index contributed by atoms with van der Waals surface area (Å²) in [6.45, 7) is 8.61. The van der Waals surface area contributed by atoms with Crippen LogP contribution < -0.4 is 5.32 Å². The van der Waals surface area contributed by atoms with E-state index in [9.17, 15) is 0 Å². The lowest BCUT2D eigenvalue weighted by molar-refractivity contribution is 0.192. The van der Waals surface area contributed by atoms with Gasteiger partial charge in [0.2, 0.25) is 5.95 Å². The van der Waals surface area contributed by atoms with E-state index in [0.717, 1.165) is 36.7 Å². The van der Waals surface area contributed by atoms with Crippen molar-refractivity contribution in [1.29, 1.82) is 0 Å². The Hall–Kier alpha value is -2.67. The molecule has 148 valence electrons. The van der Waals surface area contributed by atoms with Gasteiger partial charge in [0, 0.05) is 18.8 Å². The van der Waals surface area contributed by atoms with Crippen LogP contribution in [0, 0.1) is 12.8 Å². The number of nitrogens with zero attached hydrogens (tertiary/aromatic N) is 4. The first-order chi connectivity index (χ1) is 13.7. The van der Waals surface area contributed by atoms with Gasteiger partial charge in [-0.25, -0.2) is 9.97 Å². The minimum atomic E-state index is 0.596. The Balaban J connectivity index is 1.41. The number of hydrogen-bond donors (Lipinski definition) is 1. The number of aromatic nitrogens is 3. The lowest BCUT2D eigenvalue weighted by Crippen LogP contribution is -2.34. The van der Waals surface area contributed by atoms with Crippen LogP contribution in [-0.2, 0) is 0 Å². The number of likely N-dealkylation sites (tertiary alicyclic amines) is 1. The van der Waals surface area contributed by atoms with E-state index in [4.69, 9.17) is 8.94 Å². The van der Waals surface area contributed by atoms with Crippen molar-refractivity contribution in [2.45, 2.75) is 33.1 Å². The molecule has 0 bridgehead atoms. The van der Waals surface area contributed by atoms with Crippen molar-refractivity contribution in [1.82, 2.24) is 20.0 Å². The molecule has 0 unspecified atom stereocenters. The van der Waals surface area contributed by atoms with Crippen molar-refractivity contribution in [3.8, 4) is 22.8 Å². The molecular weight excluding hydrogens is 354 g/mol. The second kappa shape index (κ2) is 8.56. The summed E-state index contributed by atoms with van der Waals surface area (Å²) in [6, 6.07) is 5.60. The van der Waals surface area contributed by atoms with Crippen LogP contribution in [0.4, 0.5) is 5.95 Å². The molecule has 3 aromatic heterocycles. The SMILES string of the molecule is Cc1cc(-c2cnc(NCCCN3CCC(C)CC3)nc2-c2ccco2)on1. The van der Waals surface area contributed by atoms with Crippen LogP contribution in [-0.4, -0.2) is 46.2 Å². The van der Waals surface area contributed by atoms with Gasteiger partial charge in [-0.1, -0.05) is 12.1 Å². The molecule has 3 aromatic rings. The third-order valence-electron chi connectivity index (χ3n) is 5.25. The smallest absolute Gasteiger partial charge is 0.223 e. The predicted octanol–water partition coefficient (Wildman–Crippen LogP) is 4.23. The number of aryl methyl sites for hydroxylation is 1. The Bertz CT molecular complexity index is 882. The average Bonchev–Trinajstić information content (AvgIpc) is 3.38. The molecule has 1 N–H and O–H groups in total. The van der Waals surface area contributed by atoms with Gasteiger partial charge in [0.05, 0.1) is 17.5 Å². The molecule has 0 saturated carbocycles. The van der Waals surface area contributed by atoms with Crippen LogP contribution in [0.15, 0.2) is 39.6 Å². The Morgan fingerprint density at radius 3 is 2.82 bits per heavy atom. The number of furan rings is 1. The van der Waals surface area contributed by atoms with E-state index in [1.807, 2.05) is 25.1 Å². The van der Waals surface area contributed by atoms with Crippen LogP contribution in [0.25, 0.3) is 22.8 Å². The molecule has 0 atom stereocenters. The maximum atomic E-state index is 5.57. The van der Waals surface area contributed by atoms with E-state index >= 15 is 0 Å². The largest absolute Gasteiger partial charge is 0.463 e. The molecule has 0 amide bonds. The first kappa shape index (κ1) is 18.7. The minimum Gasteiger partial charge on any atom is -0.463 e. The van der Waals surface area contributed by atoms with E-state index in [1.165, 1.54) is 25.9 Å². The molecule has 4 heterocycles. The molecule has 0 spiro atoms. The van der Waals surface area contributed by atoms with Gasteiger partial charge in [0.1, 0.15) is 5.69 Å². The molecule has 7 nitrogen and oxygen atoms in total. The van der Waals surface area contributed by atoms with Crippen LogP contribution in [0.1, 0.15) is 31.9 Å². The Morgan fingerprint density at radius 1 is 1.25 bits per heavy atom. The summed E-state index contributed by atoms with van der Waals surface area (Å²) in [6.07, 6.45) is 7.09. The fourth-order valence-electron chi connectivity index (χ4n) is 3.53. The van der Waals surface area contributed by atoms with Crippen molar-refractivity contribution < 1.29 is 8.94 Å². The van der Waals surface area contributed by atoms with Gasteiger partial charge in [0.25, 0.3) is 0 Å². The highest BCUT2D eigenvalue weighted by atomic mass is 16.5. The number of piperidine rings is 1. The zero-order valence-corrected chi connectivity index (χ0v) is 16.5. The maximum Gasteiger partial charge on any atom is 0.223 e. The first-order valence-corrected chi connectivity index (χ1v) is 10.00. The van der Waals surface area contributed by atoms with E-state index in [1.54, 1.807) is 12.5 Å². The highest BCUT2D eigenvalue weighted by Gasteiger charge is 2.18. The summed E-state index contributed by atoms with van der Waals surface area (Å²) < 4.78 is 11.0. The third kappa shape index (κ3) is 4.42. The molecule has 0 aromatic carbocycles. The number of rotatable bonds is 7. The summed E-state index contributed by atoms with van der Waals surface area (Å²) in [7, 11) is 0.